The Kier molecular flexibility index (Phi) is 2.93. The van der Waals surface area contributed by atoms with Crippen LogP contribution in [-0.4, -0.2) is 16.2 Å². The fourth-order valence-electron chi connectivity index (χ4n) is 1.00. The summed E-state index contributed by atoms with van der Waals surface area (Å²) in [6, 6.07) is 2.99. The molecule has 4 heteroatoms. The molecule has 3 N–H and O–H groups in total. The molecule has 13 heavy (non-hydrogen) atoms. The average molecular weight is 244 g/mol. The quantitative estimate of drug-likeness (QED) is 0.361. The molecule has 0 bridgehead atoms. The fourth-order valence-corrected chi connectivity index (χ4v) is 1.31. The molecule has 0 aliphatic heterocycles. The van der Waals surface area contributed by atoms with Gasteiger partial charge in [0.2, 0.25) is 0 Å². The van der Waals surface area contributed by atoms with Gasteiger partial charge in [0.15, 0.2) is 5.78 Å². The second kappa shape index (κ2) is 3.79. The Bertz CT molecular complexity index is 350. The van der Waals surface area contributed by atoms with E-state index < -0.39 is 0 Å². The van der Waals surface area contributed by atoms with E-state index in [9.17, 15) is 9.90 Å². The number of hydrogen-bond donors (Lipinski definition) is 2. The number of phenols is 1. The van der Waals surface area contributed by atoms with Crippen LogP contribution in [0.4, 0.5) is 5.69 Å². The van der Waals surface area contributed by atoms with Crippen LogP contribution in [0, 0.1) is 6.92 Å². The molecule has 0 amide bonds. The standard InChI is InChI=1S/C9H10BrNO2/c1-5-2-8(12)6(3-7(5)11)9(13)4-10/h2-3,12H,4,11H2,1H3. The number of phenolic OH excluding ortho intramolecular Hbond substituents is 1. The molecule has 0 fully saturated rings. The topological polar surface area (TPSA) is 63.3 Å². The molecule has 0 aromatic heterocycles. The third-order valence-electron chi connectivity index (χ3n) is 1.81. The summed E-state index contributed by atoms with van der Waals surface area (Å²) in [5.41, 5.74) is 7.15. The van der Waals surface area contributed by atoms with Crippen LogP contribution in [-0.2, 0) is 0 Å². The third-order valence-corrected chi connectivity index (χ3v) is 2.32. The molecule has 3 nitrogen and oxygen atoms in total. The van der Waals surface area contributed by atoms with Crippen LogP contribution >= 0.6 is 15.9 Å². The average Bonchev–Trinajstić information content (AvgIpc) is 2.10. The summed E-state index contributed by atoms with van der Waals surface area (Å²) in [6.45, 7) is 1.78. The molecule has 0 atom stereocenters. The van der Waals surface area contributed by atoms with E-state index in [4.69, 9.17) is 5.73 Å². The molecule has 0 saturated carbocycles. The summed E-state index contributed by atoms with van der Waals surface area (Å²) in [6.07, 6.45) is 0. The molecule has 0 aliphatic carbocycles. The number of benzene rings is 1. The number of hydrogen-bond acceptors (Lipinski definition) is 3. The fraction of sp³-hybridized carbons (Fsp3) is 0.222. The zero-order chi connectivity index (χ0) is 10.0. The van der Waals surface area contributed by atoms with Crippen LogP contribution in [0.3, 0.4) is 0 Å². The van der Waals surface area contributed by atoms with Crippen molar-refractivity contribution >= 4 is 27.4 Å². The van der Waals surface area contributed by atoms with Gasteiger partial charge in [-0.15, -0.1) is 0 Å². The number of carbonyl (C=O) groups excluding carboxylic acids is 1. The van der Waals surface area contributed by atoms with Gasteiger partial charge in [-0.2, -0.15) is 0 Å². The molecule has 0 aliphatic rings. The van der Waals surface area contributed by atoms with Gasteiger partial charge in [0.05, 0.1) is 10.9 Å². The van der Waals surface area contributed by atoms with Gasteiger partial charge in [-0.3, -0.25) is 4.79 Å². The summed E-state index contributed by atoms with van der Waals surface area (Å²) in [4.78, 5) is 11.2. The number of aryl methyl sites for hydroxylation is 1. The van der Waals surface area contributed by atoms with Crippen molar-refractivity contribution in [1.29, 1.82) is 0 Å². The lowest BCUT2D eigenvalue weighted by Crippen LogP contribution is -2.02. The number of carbonyl (C=O) groups is 1. The van der Waals surface area contributed by atoms with E-state index in [0.29, 0.717) is 5.69 Å². The molecule has 0 heterocycles. The Morgan fingerprint density at radius 1 is 1.62 bits per heavy atom. The zero-order valence-electron chi connectivity index (χ0n) is 7.17. The number of ketones is 1. The number of anilines is 1. The zero-order valence-corrected chi connectivity index (χ0v) is 8.76. The van der Waals surface area contributed by atoms with E-state index in [0.717, 1.165) is 5.56 Å². The molecule has 0 radical (unpaired) electrons. The summed E-state index contributed by atoms with van der Waals surface area (Å²) >= 11 is 3.03. The number of aromatic hydroxyl groups is 1. The van der Waals surface area contributed by atoms with E-state index >= 15 is 0 Å². The number of alkyl halides is 1. The van der Waals surface area contributed by atoms with Gasteiger partial charge in [-0.05, 0) is 24.6 Å². The van der Waals surface area contributed by atoms with E-state index in [1.54, 1.807) is 6.92 Å². The van der Waals surface area contributed by atoms with E-state index in [1.165, 1.54) is 12.1 Å². The smallest absolute Gasteiger partial charge is 0.177 e. The van der Waals surface area contributed by atoms with Crippen molar-refractivity contribution in [3.63, 3.8) is 0 Å². The van der Waals surface area contributed by atoms with Gasteiger partial charge < -0.3 is 10.8 Å². The van der Waals surface area contributed by atoms with Gasteiger partial charge in [-0.1, -0.05) is 15.9 Å². The van der Waals surface area contributed by atoms with Crippen LogP contribution in [0.2, 0.25) is 0 Å². The highest BCUT2D eigenvalue weighted by Gasteiger charge is 2.11. The van der Waals surface area contributed by atoms with Crippen molar-refractivity contribution in [2.24, 2.45) is 0 Å². The van der Waals surface area contributed by atoms with Gasteiger partial charge in [0.25, 0.3) is 0 Å². The Hall–Kier alpha value is -1.03. The molecule has 1 aromatic carbocycles. The number of nitrogens with two attached hydrogens (primary N) is 1. The van der Waals surface area contributed by atoms with E-state index in [-0.39, 0.29) is 22.4 Å². The van der Waals surface area contributed by atoms with Crippen LogP contribution in [0.1, 0.15) is 15.9 Å². The first-order chi connectivity index (χ1) is 6.06. The van der Waals surface area contributed by atoms with Crippen molar-refractivity contribution in [1.82, 2.24) is 0 Å². The van der Waals surface area contributed by atoms with Crippen LogP contribution < -0.4 is 5.73 Å². The largest absolute Gasteiger partial charge is 0.507 e. The number of halogens is 1. The van der Waals surface area contributed by atoms with E-state index in [2.05, 4.69) is 15.9 Å². The lowest BCUT2D eigenvalue weighted by Gasteiger charge is -2.05. The van der Waals surface area contributed by atoms with Crippen molar-refractivity contribution in [2.75, 3.05) is 11.1 Å². The van der Waals surface area contributed by atoms with Crippen molar-refractivity contribution in [3.8, 4) is 5.75 Å². The maximum Gasteiger partial charge on any atom is 0.177 e. The van der Waals surface area contributed by atoms with Gasteiger partial charge in [0, 0.05) is 5.69 Å². The van der Waals surface area contributed by atoms with Crippen LogP contribution in [0.5, 0.6) is 5.75 Å². The van der Waals surface area contributed by atoms with Crippen LogP contribution in [0.15, 0.2) is 12.1 Å². The lowest BCUT2D eigenvalue weighted by atomic mass is 10.1. The molecule has 0 unspecified atom stereocenters. The first-order valence-electron chi connectivity index (χ1n) is 3.74. The summed E-state index contributed by atoms with van der Waals surface area (Å²) in [5.74, 6) is -0.194. The van der Waals surface area contributed by atoms with Crippen molar-refractivity contribution < 1.29 is 9.90 Å². The van der Waals surface area contributed by atoms with Gasteiger partial charge in [0.1, 0.15) is 5.75 Å². The minimum absolute atomic E-state index is 0.0175. The summed E-state index contributed by atoms with van der Waals surface area (Å²) in [7, 11) is 0. The van der Waals surface area contributed by atoms with E-state index in [1.807, 2.05) is 0 Å². The number of Topliss-reactive ketones (excluding diaryl/α,β-unsaturated/α-hetero) is 1. The highest BCUT2D eigenvalue weighted by Crippen LogP contribution is 2.24. The lowest BCUT2D eigenvalue weighted by molar-refractivity contribution is 0.102. The number of rotatable bonds is 2. The first-order valence-corrected chi connectivity index (χ1v) is 4.86. The predicted octanol–water partition coefficient (Wildman–Crippen LogP) is 1.86. The van der Waals surface area contributed by atoms with Crippen molar-refractivity contribution in [2.45, 2.75) is 6.92 Å². The minimum Gasteiger partial charge on any atom is -0.507 e. The predicted molar refractivity (Wildman–Crippen MR) is 55.4 cm³/mol. The Labute approximate surface area is 84.7 Å². The molecule has 0 saturated heterocycles. The Morgan fingerprint density at radius 3 is 2.77 bits per heavy atom. The Morgan fingerprint density at radius 2 is 2.23 bits per heavy atom. The second-order valence-electron chi connectivity index (χ2n) is 2.78. The summed E-state index contributed by atoms with van der Waals surface area (Å²) in [5, 5.41) is 9.60. The Balaban J connectivity index is 3.23. The maximum atomic E-state index is 11.2. The highest BCUT2D eigenvalue weighted by atomic mass is 79.9. The molecule has 1 aromatic rings. The molecule has 0 spiro atoms. The second-order valence-corrected chi connectivity index (χ2v) is 3.34. The first kappa shape index (κ1) is 10.1. The minimum atomic E-state index is -0.177. The SMILES string of the molecule is Cc1cc(O)c(C(=O)CBr)cc1N. The normalized spacial score (nSPS) is 10.0. The molecular weight excluding hydrogens is 234 g/mol. The highest BCUT2D eigenvalue weighted by molar-refractivity contribution is 9.09. The van der Waals surface area contributed by atoms with Crippen LogP contribution in [0.25, 0.3) is 0 Å². The van der Waals surface area contributed by atoms with Crippen molar-refractivity contribution in [3.05, 3.63) is 23.3 Å². The summed E-state index contributed by atoms with van der Waals surface area (Å²) < 4.78 is 0. The third kappa shape index (κ3) is 2.01. The molecule has 70 valence electrons. The van der Waals surface area contributed by atoms with Gasteiger partial charge in [-0.25, -0.2) is 0 Å². The van der Waals surface area contributed by atoms with Gasteiger partial charge >= 0.3 is 0 Å². The number of nitrogen functional groups attached to an aromatic ring is 1. The molecular formula is C9H10BrNO2. The maximum absolute atomic E-state index is 11.2. The molecule has 1 rings (SSSR count). The monoisotopic (exact) mass is 243 g/mol.